The van der Waals surface area contributed by atoms with Crippen LogP contribution in [0.1, 0.15) is 19.3 Å². The maximum absolute atomic E-state index is 5.87. The zero-order chi connectivity index (χ0) is 9.97. The fraction of sp³-hybridized carbons (Fsp3) is 0.556. The van der Waals surface area contributed by atoms with Crippen molar-refractivity contribution in [1.29, 1.82) is 0 Å². The molecule has 0 aliphatic heterocycles. The van der Waals surface area contributed by atoms with E-state index in [9.17, 15) is 0 Å². The monoisotopic (exact) mass is 305 g/mol. The van der Waals surface area contributed by atoms with Gasteiger partial charge >= 0.3 is 6.01 Å². The fourth-order valence-corrected chi connectivity index (χ4v) is 1.88. The van der Waals surface area contributed by atoms with Crippen molar-refractivity contribution in [3.05, 3.63) is 16.0 Å². The smallest absolute Gasteiger partial charge is 0.316 e. The van der Waals surface area contributed by atoms with Crippen LogP contribution in [0.25, 0.3) is 0 Å². The highest BCUT2D eigenvalue weighted by atomic mass is 127. The lowest BCUT2D eigenvalue weighted by Crippen LogP contribution is -2.34. The third-order valence-corrected chi connectivity index (χ3v) is 2.91. The summed E-state index contributed by atoms with van der Waals surface area (Å²) in [6, 6.07) is 0.575. The van der Waals surface area contributed by atoms with E-state index >= 15 is 0 Å². The van der Waals surface area contributed by atoms with Gasteiger partial charge < -0.3 is 10.5 Å². The van der Waals surface area contributed by atoms with Gasteiger partial charge in [0.25, 0.3) is 0 Å². The van der Waals surface area contributed by atoms with E-state index in [2.05, 4.69) is 32.6 Å². The fourth-order valence-electron chi connectivity index (χ4n) is 1.60. The van der Waals surface area contributed by atoms with Gasteiger partial charge in [0, 0.05) is 22.0 Å². The number of rotatable bonds is 2. The Labute approximate surface area is 96.4 Å². The van der Waals surface area contributed by atoms with Gasteiger partial charge in [-0.2, -0.15) is 0 Å². The first-order valence-corrected chi connectivity index (χ1v) is 5.73. The maximum Gasteiger partial charge on any atom is 0.316 e. The maximum atomic E-state index is 5.87. The van der Waals surface area contributed by atoms with E-state index in [0.717, 1.165) is 22.8 Å². The molecule has 76 valence electrons. The molecule has 0 amide bonds. The molecule has 1 fully saturated rings. The van der Waals surface area contributed by atoms with E-state index in [1.165, 1.54) is 0 Å². The molecule has 1 aromatic rings. The third-order valence-electron chi connectivity index (χ3n) is 2.36. The molecule has 1 aliphatic rings. The number of nitrogens with zero attached hydrogens (tertiary/aromatic N) is 2. The Morgan fingerprint density at radius 1 is 1.36 bits per heavy atom. The van der Waals surface area contributed by atoms with Crippen molar-refractivity contribution in [2.45, 2.75) is 31.4 Å². The minimum absolute atomic E-state index is 0.0926. The van der Waals surface area contributed by atoms with Crippen LogP contribution in [0, 0.1) is 3.57 Å². The van der Waals surface area contributed by atoms with Crippen molar-refractivity contribution >= 4 is 22.6 Å². The highest BCUT2D eigenvalue weighted by Crippen LogP contribution is 2.21. The van der Waals surface area contributed by atoms with Crippen LogP contribution in [0.3, 0.4) is 0 Å². The number of hydrogen-bond acceptors (Lipinski definition) is 4. The Morgan fingerprint density at radius 2 is 2.07 bits per heavy atom. The predicted octanol–water partition coefficient (Wildman–Crippen LogP) is 1.34. The van der Waals surface area contributed by atoms with Gasteiger partial charge in [0.05, 0.1) is 0 Å². The average molecular weight is 305 g/mol. The second kappa shape index (κ2) is 4.39. The molecule has 2 N–H and O–H groups in total. The minimum Gasteiger partial charge on any atom is -0.458 e. The molecule has 1 heterocycles. The standard InChI is InChI=1S/C9H12IN3O/c10-6-4-12-9(13-5-6)14-8-3-1-2-7(8)11/h4-5,7-8H,1-3,11H2. The summed E-state index contributed by atoms with van der Waals surface area (Å²) in [5.41, 5.74) is 5.87. The van der Waals surface area contributed by atoms with E-state index in [1.54, 1.807) is 12.4 Å². The van der Waals surface area contributed by atoms with Crippen molar-refractivity contribution in [1.82, 2.24) is 9.97 Å². The molecule has 0 aromatic carbocycles. The molecule has 1 aliphatic carbocycles. The van der Waals surface area contributed by atoms with Crippen molar-refractivity contribution in [3.8, 4) is 6.01 Å². The molecule has 2 atom stereocenters. The summed E-state index contributed by atoms with van der Waals surface area (Å²) in [7, 11) is 0. The summed E-state index contributed by atoms with van der Waals surface area (Å²) < 4.78 is 6.60. The Morgan fingerprint density at radius 3 is 2.64 bits per heavy atom. The molecule has 0 radical (unpaired) electrons. The van der Waals surface area contributed by atoms with Crippen LogP contribution in [-0.4, -0.2) is 22.1 Å². The summed E-state index contributed by atoms with van der Waals surface area (Å²) in [6.07, 6.45) is 6.75. The van der Waals surface area contributed by atoms with Crippen molar-refractivity contribution in [2.75, 3.05) is 0 Å². The molecule has 4 nitrogen and oxygen atoms in total. The predicted molar refractivity (Wildman–Crippen MR) is 61.0 cm³/mol. The van der Waals surface area contributed by atoms with Crippen LogP contribution in [0.15, 0.2) is 12.4 Å². The van der Waals surface area contributed by atoms with E-state index in [0.29, 0.717) is 6.01 Å². The van der Waals surface area contributed by atoms with Crippen molar-refractivity contribution in [2.24, 2.45) is 5.73 Å². The normalized spacial score (nSPS) is 26.4. The minimum atomic E-state index is 0.0926. The van der Waals surface area contributed by atoms with Gasteiger partial charge in [-0.1, -0.05) is 0 Å². The first-order chi connectivity index (χ1) is 6.75. The molecule has 0 spiro atoms. The number of ether oxygens (including phenoxy) is 1. The molecular weight excluding hydrogens is 293 g/mol. The lowest BCUT2D eigenvalue weighted by molar-refractivity contribution is 0.175. The van der Waals surface area contributed by atoms with Crippen LogP contribution in [0.5, 0.6) is 6.01 Å². The number of nitrogens with two attached hydrogens (primary N) is 1. The van der Waals surface area contributed by atoms with Crippen LogP contribution < -0.4 is 10.5 Å². The topological polar surface area (TPSA) is 61.0 Å². The van der Waals surface area contributed by atoms with Crippen LogP contribution in [0.2, 0.25) is 0 Å². The van der Waals surface area contributed by atoms with Crippen LogP contribution in [0.4, 0.5) is 0 Å². The van der Waals surface area contributed by atoms with Crippen LogP contribution in [-0.2, 0) is 0 Å². The molecule has 1 saturated carbocycles. The molecule has 14 heavy (non-hydrogen) atoms. The van der Waals surface area contributed by atoms with Gasteiger partial charge in [-0.25, -0.2) is 9.97 Å². The van der Waals surface area contributed by atoms with Gasteiger partial charge in [-0.15, -0.1) is 0 Å². The average Bonchev–Trinajstić information content (AvgIpc) is 2.56. The second-order valence-electron chi connectivity index (χ2n) is 3.43. The summed E-state index contributed by atoms with van der Waals surface area (Å²) in [6.45, 7) is 0. The molecule has 2 rings (SSSR count). The zero-order valence-electron chi connectivity index (χ0n) is 7.69. The third kappa shape index (κ3) is 2.33. The summed E-state index contributed by atoms with van der Waals surface area (Å²) in [5.74, 6) is 0. The zero-order valence-corrected chi connectivity index (χ0v) is 9.85. The van der Waals surface area contributed by atoms with Gasteiger partial charge in [0.2, 0.25) is 0 Å². The lowest BCUT2D eigenvalue weighted by atomic mass is 10.2. The Hall–Kier alpha value is -0.430. The summed E-state index contributed by atoms with van der Waals surface area (Å²) in [4.78, 5) is 8.16. The van der Waals surface area contributed by atoms with E-state index in [-0.39, 0.29) is 12.1 Å². The Kier molecular flexibility index (Phi) is 3.17. The first-order valence-electron chi connectivity index (χ1n) is 4.65. The van der Waals surface area contributed by atoms with Crippen molar-refractivity contribution < 1.29 is 4.74 Å². The molecular formula is C9H12IN3O. The highest BCUT2D eigenvalue weighted by Gasteiger charge is 2.26. The number of halogens is 1. The van der Waals surface area contributed by atoms with Crippen LogP contribution >= 0.6 is 22.6 Å². The number of aromatic nitrogens is 2. The van der Waals surface area contributed by atoms with Gasteiger partial charge in [-0.3, -0.25) is 0 Å². The summed E-state index contributed by atoms with van der Waals surface area (Å²) in [5, 5.41) is 0. The van der Waals surface area contributed by atoms with Gasteiger partial charge in [0.15, 0.2) is 0 Å². The Bertz CT molecular complexity index is 303. The summed E-state index contributed by atoms with van der Waals surface area (Å²) >= 11 is 2.16. The lowest BCUT2D eigenvalue weighted by Gasteiger charge is -2.15. The SMILES string of the molecule is NC1CCCC1Oc1ncc(I)cn1. The van der Waals surface area contributed by atoms with Crippen molar-refractivity contribution in [3.63, 3.8) is 0 Å². The molecule has 2 unspecified atom stereocenters. The van der Waals surface area contributed by atoms with Gasteiger partial charge in [0.1, 0.15) is 6.10 Å². The van der Waals surface area contributed by atoms with E-state index < -0.39 is 0 Å². The molecule has 0 bridgehead atoms. The van der Waals surface area contributed by atoms with Gasteiger partial charge in [-0.05, 0) is 41.9 Å². The second-order valence-corrected chi connectivity index (χ2v) is 4.68. The van der Waals surface area contributed by atoms with E-state index in [4.69, 9.17) is 10.5 Å². The van der Waals surface area contributed by atoms with E-state index in [1.807, 2.05) is 0 Å². The molecule has 0 saturated heterocycles. The Balaban J connectivity index is 2.00. The molecule has 5 heteroatoms. The molecule has 1 aromatic heterocycles. The largest absolute Gasteiger partial charge is 0.458 e. The quantitative estimate of drug-likeness (QED) is 0.838. The number of hydrogen-bond donors (Lipinski definition) is 1. The first kappa shape index (κ1) is 10.1. The highest BCUT2D eigenvalue weighted by molar-refractivity contribution is 14.1.